The molecule has 3 aromatic rings. The predicted molar refractivity (Wildman–Crippen MR) is 110 cm³/mol. The molecule has 0 spiro atoms. The normalized spacial score (nSPS) is 12.8. The van der Waals surface area contributed by atoms with Gasteiger partial charge in [0.15, 0.2) is 5.82 Å². The fraction of sp³-hybridized carbons (Fsp3) is 0.182. The summed E-state index contributed by atoms with van der Waals surface area (Å²) in [6, 6.07) is 14.7. The van der Waals surface area contributed by atoms with Gasteiger partial charge in [-0.15, -0.1) is 0 Å². The van der Waals surface area contributed by atoms with Crippen molar-refractivity contribution in [1.82, 2.24) is 9.97 Å². The second-order valence-electron chi connectivity index (χ2n) is 6.67. The lowest BCUT2D eigenvalue weighted by Crippen LogP contribution is -2.25. The van der Waals surface area contributed by atoms with Crippen LogP contribution in [0.2, 0.25) is 0 Å². The number of esters is 1. The molecule has 0 fully saturated rings. The number of hydrogen-bond donors (Lipinski definition) is 1. The SMILES string of the molecule is COC(=O)c1ccc(NC(=O)c2cnc(N3CCCc4ccccc43)cn2)cc1. The molecule has 29 heavy (non-hydrogen) atoms. The highest BCUT2D eigenvalue weighted by molar-refractivity contribution is 6.03. The number of benzene rings is 2. The van der Waals surface area contributed by atoms with Crippen molar-refractivity contribution in [1.29, 1.82) is 0 Å². The van der Waals surface area contributed by atoms with Gasteiger partial charge in [0.05, 0.1) is 25.1 Å². The summed E-state index contributed by atoms with van der Waals surface area (Å²) in [6.45, 7) is 0.865. The van der Waals surface area contributed by atoms with E-state index in [9.17, 15) is 9.59 Å². The molecule has 7 nitrogen and oxygen atoms in total. The van der Waals surface area contributed by atoms with Crippen molar-refractivity contribution in [2.24, 2.45) is 0 Å². The lowest BCUT2D eigenvalue weighted by molar-refractivity contribution is 0.0600. The topological polar surface area (TPSA) is 84.4 Å². The molecule has 0 bridgehead atoms. The number of hydrogen-bond acceptors (Lipinski definition) is 6. The van der Waals surface area contributed by atoms with Gasteiger partial charge in [-0.05, 0) is 48.7 Å². The fourth-order valence-electron chi connectivity index (χ4n) is 3.35. The van der Waals surface area contributed by atoms with Crippen molar-refractivity contribution in [3.63, 3.8) is 0 Å². The van der Waals surface area contributed by atoms with Gasteiger partial charge in [0, 0.05) is 17.9 Å². The maximum atomic E-state index is 12.5. The van der Waals surface area contributed by atoms with Gasteiger partial charge in [-0.25, -0.2) is 14.8 Å². The van der Waals surface area contributed by atoms with E-state index >= 15 is 0 Å². The second-order valence-corrected chi connectivity index (χ2v) is 6.67. The lowest BCUT2D eigenvalue weighted by atomic mass is 10.0. The summed E-state index contributed by atoms with van der Waals surface area (Å²) in [5, 5.41) is 2.75. The van der Waals surface area contributed by atoms with Crippen LogP contribution in [0.15, 0.2) is 60.9 Å². The number of aryl methyl sites for hydroxylation is 1. The van der Waals surface area contributed by atoms with E-state index < -0.39 is 5.97 Å². The molecule has 0 aliphatic carbocycles. The van der Waals surface area contributed by atoms with E-state index in [1.807, 2.05) is 12.1 Å². The molecular formula is C22H20N4O3. The maximum absolute atomic E-state index is 12.5. The predicted octanol–water partition coefficient (Wildman–Crippen LogP) is 3.60. The van der Waals surface area contributed by atoms with Crippen LogP contribution in [0.1, 0.15) is 32.8 Å². The molecule has 0 saturated heterocycles. The Kier molecular flexibility index (Phi) is 5.20. The Balaban J connectivity index is 1.47. The van der Waals surface area contributed by atoms with Gasteiger partial charge >= 0.3 is 5.97 Å². The number of rotatable bonds is 4. The summed E-state index contributed by atoms with van der Waals surface area (Å²) < 4.78 is 4.66. The van der Waals surface area contributed by atoms with Gasteiger partial charge < -0.3 is 15.0 Å². The van der Waals surface area contributed by atoms with Crippen molar-refractivity contribution >= 4 is 29.1 Å². The molecule has 0 atom stereocenters. The highest BCUT2D eigenvalue weighted by atomic mass is 16.5. The average Bonchev–Trinajstić information content (AvgIpc) is 2.78. The van der Waals surface area contributed by atoms with E-state index in [0.29, 0.717) is 11.3 Å². The molecule has 1 N–H and O–H groups in total. The Morgan fingerprint density at radius 3 is 2.55 bits per heavy atom. The van der Waals surface area contributed by atoms with Crippen LogP contribution >= 0.6 is 0 Å². The first-order valence-electron chi connectivity index (χ1n) is 9.33. The zero-order chi connectivity index (χ0) is 20.2. The number of ether oxygens (including phenoxy) is 1. The van der Waals surface area contributed by atoms with Crippen molar-refractivity contribution in [2.75, 3.05) is 23.9 Å². The lowest BCUT2D eigenvalue weighted by Gasteiger charge is -2.30. The van der Waals surface area contributed by atoms with Crippen molar-refractivity contribution in [3.8, 4) is 0 Å². The Labute approximate surface area is 168 Å². The molecule has 4 rings (SSSR count). The van der Waals surface area contributed by atoms with Crippen LogP contribution in [0, 0.1) is 0 Å². The Hall–Kier alpha value is -3.74. The third-order valence-corrected chi connectivity index (χ3v) is 4.82. The van der Waals surface area contributed by atoms with Crippen LogP contribution < -0.4 is 10.2 Å². The van der Waals surface area contributed by atoms with Gasteiger partial charge in [-0.3, -0.25) is 4.79 Å². The number of para-hydroxylation sites is 1. The molecular weight excluding hydrogens is 368 g/mol. The summed E-state index contributed by atoms with van der Waals surface area (Å²) >= 11 is 0. The first kappa shape index (κ1) is 18.6. The zero-order valence-corrected chi connectivity index (χ0v) is 16.0. The Bertz CT molecular complexity index is 1030. The third kappa shape index (κ3) is 3.94. The average molecular weight is 388 g/mol. The summed E-state index contributed by atoms with van der Waals surface area (Å²) in [7, 11) is 1.32. The van der Waals surface area contributed by atoms with E-state index in [-0.39, 0.29) is 11.6 Å². The maximum Gasteiger partial charge on any atom is 0.337 e. The first-order chi connectivity index (χ1) is 14.2. The smallest absolute Gasteiger partial charge is 0.337 e. The fourth-order valence-corrected chi connectivity index (χ4v) is 3.35. The summed E-state index contributed by atoms with van der Waals surface area (Å²) in [4.78, 5) is 34.8. The molecule has 2 aromatic carbocycles. The van der Waals surface area contributed by atoms with Gasteiger partial charge in [0.2, 0.25) is 0 Å². The minimum absolute atomic E-state index is 0.219. The minimum Gasteiger partial charge on any atom is -0.465 e. The largest absolute Gasteiger partial charge is 0.465 e. The first-order valence-corrected chi connectivity index (χ1v) is 9.33. The Morgan fingerprint density at radius 2 is 1.83 bits per heavy atom. The number of amides is 1. The van der Waals surface area contributed by atoms with Crippen LogP contribution in [-0.4, -0.2) is 35.5 Å². The number of fused-ring (bicyclic) bond motifs is 1. The number of nitrogens with one attached hydrogen (secondary N) is 1. The number of methoxy groups -OCH3 is 1. The molecule has 0 radical (unpaired) electrons. The van der Waals surface area contributed by atoms with E-state index in [1.165, 1.54) is 18.9 Å². The van der Waals surface area contributed by atoms with Gasteiger partial charge in [-0.2, -0.15) is 0 Å². The molecule has 1 aromatic heterocycles. The van der Waals surface area contributed by atoms with Gasteiger partial charge in [0.1, 0.15) is 5.69 Å². The van der Waals surface area contributed by atoms with Crippen LogP contribution in [-0.2, 0) is 11.2 Å². The molecule has 1 aliphatic heterocycles. The number of anilines is 3. The summed E-state index contributed by atoms with van der Waals surface area (Å²) in [5.74, 6) is -0.0753. The van der Waals surface area contributed by atoms with Crippen LogP contribution in [0.25, 0.3) is 0 Å². The zero-order valence-electron chi connectivity index (χ0n) is 16.0. The van der Waals surface area contributed by atoms with E-state index in [2.05, 4.69) is 37.1 Å². The quantitative estimate of drug-likeness (QED) is 0.688. The highest BCUT2D eigenvalue weighted by Crippen LogP contribution is 2.31. The van der Waals surface area contributed by atoms with Gasteiger partial charge in [0.25, 0.3) is 5.91 Å². The molecule has 7 heteroatoms. The van der Waals surface area contributed by atoms with Crippen LogP contribution in [0.4, 0.5) is 17.2 Å². The van der Waals surface area contributed by atoms with Gasteiger partial charge in [-0.1, -0.05) is 18.2 Å². The standard InChI is InChI=1S/C22H20N4O3/c1-29-22(28)16-8-10-17(11-9-16)25-21(27)18-13-24-20(14-23-18)26-12-4-6-15-5-2-3-7-19(15)26/h2-3,5,7-11,13-14H,4,6,12H2,1H3,(H,25,27). The van der Waals surface area contributed by atoms with Crippen LogP contribution in [0.3, 0.4) is 0 Å². The van der Waals surface area contributed by atoms with Crippen LogP contribution in [0.5, 0.6) is 0 Å². The summed E-state index contributed by atoms with van der Waals surface area (Å²) in [6.07, 6.45) is 5.19. The van der Waals surface area contributed by atoms with E-state index in [1.54, 1.807) is 30.5 Å². The Morgan fingerprint density at radius 1 is 1.03 bits per heavy atom. The monoisotopic (exact) mass is 388 g/mol. The number of aromatic nitrogens is 2. The highest BCUT2D eigenvalue weighted by Gasteiger charge is 2.19. The molecule has 2 heterocycles. The molecule has 1 aliphatic rings. The van der Waals surface area contributed by atoms with E-state index in [4.69, 9.17) is 0 Å². The second kappa shape index (κ2) is 8.10. The summed E-state index contributed by atoms with van der Waals surface area (Å²) in [5.41, 5.74) is 3.61. The van der Waals surface area contributed by atoms with Crippen molar-refractivity contribution in [3.05, 3.63) is 77.7 Å². The van der Waals surface area contributed by atoms with E-state index in [0.717, 1.165) is 30.9 Å². The minimum atomic E-state index is -0.427. The van der Waals surface area contributed by atoms with Crippen molar-refractivity contribution in [2.45, 2.75) is 12.8 Å². The number of carbonyl (C=O) groups is 2. The molecule has 0 unspecified atom stereocenters. The molecule has 1 amide bonds. The molecule has 146 valence electrons. The number of carbonyl (C=O) groups excluding carboxylic acids is 2. The third-order valence-electron chi connectivity index (χ3n) is 4.82. The number of nitrogens with zero attached hydrogens (tertiary/aromatic N) is 3. The van der Waals surface area contributed by atoms with Crippen molar-refractivity contribution < 1.29 is 14.3 Å². The molecule has 0 saturated carbocycles.